The fourth-order valence-corrected chi connectivity index (χ4v) is 1.69. The van der Waals surface area contributed by atoms with Crippen molar-refractivity contribution in [1.29, 1.82) is 0 Å². The van der Waals surface area contributed by atoms with Gasteiger partial charge in [-0.2, -0.15) is 8.42 Å². The van der Waals surface area contributed by atoms with Crippen molar-refractivity contribution in [2.24, 2.45) is 5.92 Å². The van der Waals surface area contributed by atoms with Crippen LogP contribution in [0.5, 0.6) is 0 Å². The van der Waals surface area contributed by atoms with Crippen LogP contribution < -0.4 is 0 Å². The Morgan fingerprint density at radius 2 is 2.19 bits per heavy atom. The second kappa shape index (κ2) is 4.76. The lowest BCUT2D eigenvalue weighted by Crippen LogP contribution is -2.30. The maximum absolute atomic E-state index is 11.2. The van der Waals surface area contributed by atoms with Gasteiger partial charge in [0.15, 0.2) is 0 Å². The molecule has 1 aliphatic heterocycles. The Bertz CT molecular complexity index is 390. The summed E-state index contributed by atoms with van der Waals surface area (Å²) in [6.45, 7) is -0.428. The van der Waals surface area contributed by atoms with E-state index in [1.165, 1.54) is 4.90 Å². The van der Waals surface area contributed by atoms with E-state index < -0.39 is 28.9 Å². The van der Waals surface area contributed by atoms with Crippen molar-refractivity contribution in [1.82, 2.24) is 4.90 Å². The van der Waals surface area contributed by atoms with Crippen molar-refractivity contribution >= 4 is 22.3 Å². The zero-order chi connectivity index (χ0) is 12.3. The number of likely N-dealkylation sites (tertiary alicyclic amines) is 1. The first kappa shape index (κ1) is 12.9. The molecule has 1 aliphatic rings. The number of rotatable bonds is 5. The predicted octanol–water partition coefficient (Wildman–Crippen LogP) is -1.26. The van der Waals surface area contributed by atoms with Crippen molar-refractivity contribution < 1.29 is 31.8 Å². The highest BCUT2D eigenvalue weighted by atomic mass is 32.3. The van der Waals surface area contributed by atoms with E-state index in [1.54, 1.807) is 0 Å². The van der Waals surface area contributed by atoms with Gasteiger partial charge in [-0.25, -0.2) is 4.18 Å². The number of carboxylic acids is 1. The minimum absolute atomic E-state index is 0.0308. The number of carboxylic acid groups (broad SMARTS) is 1. The Labute approximate surface area is 91.8 Å². The monoisotopic (exact) mass is 253 g/mol. The third-order valence-electron chi connectivity index (χ3n) is 2.16. The smallest absolute Gasteiger partial charge is 0.397 e. The molecule has 1 heterocycles. The van der Waals surface area contributed by atoms with Gasteiger partial charge in [-0.05, 0) is 0 Å². The summed E-state index contributed by atoms with van der Waals surface area (Å²) in [6.07, 6.45) is -0.0960. The largest absolute Gasteiger partial charge is 0.481 e. The van der Waals surface area contributed by atoms with Gasteiger partial charge in [-0.15, -0.1) is 0 Å². The van der Waals surface area contributed by atoms with Gasteiger partial charge in [0.25, 0.3) is 0 Å². The molecule has 0 aromatic carbocycles. The first-order valence-electron chi connectivity index (χ1n) is 4.42. The van der Waals surface area contributed by atoms with Crippen LogP contribution in [-0.2, 0) is 24.2 Å². The molecular weight excluding hydrogens is 242 g/mol. The van der Waals surface area contributed by atoms with Crippen LogP contribution in [0.3, 0.4) is 0 Å². The zero-order valence-electron chi connectivity index (χ0n) is 8.20. The van der Waals surface area contributed by atoms with Gasteiger partial charge >= 0.3 is 16.4 Å². The van der Waals surface area contributed by atoms with Gasteiger partial charge in [-0.1, -0.05) is 0 Å². The molecule has 1 atom stereocenters. The highest BCUT2D eigenvalue weighted by Crippen LogP contribution is 2.17. The number of carbonyl (C=O) groups is 2. The van der Waals surface area contributed by atoms with Gasteiger partial charge in [0.1, 0.15) is 0 Å². The van der Waals surface area contributed by atoms with Crippen LogP contribution in [0.1, 0.15) is 6.42 Å². The third kappa shape index (κ3) is 3.76. The highest BCUT2D eigenvalue weighted by molar-refractivity contribution is 7.80. The van der Waals surface area contributed by atoms with E-state index in [4.69, 9.17) is 9.66 Å². The molecule has 1 unspecified atom stereocenters. The lowest BCUT2D eigenvalue weighted by molar-refractivity contribution is -0.141. The molecule has 1 rings (SSSR count). The zero-order valence-corrected chi connectivity index (χ0v) is 9.01. The molecule has 0 aliphatic carbocycles. The minimum atomic E-state index is -4.52. The number of aliphatic carboxylic acids is 1. The first-order chi connectivity index (χ1) is 7.29. The summed E-state index contributed by atoms with van der Waals surface area (Å²) in [5, 5.41) is 8.66. The van der Waals surface area contributed by atoms with Crippen LogP contribution in [0.25, 0.3) is 0 Å². The van der Waals surface area contributed by atoms with Crippen LogP contribution in [0, 0.1) is 5.92 Å². The van der Waals surface area contributed by atoms with E-state index in [0.29, 0.717) is 0 Å². The van der Waals surface area contributed by atoms with Crippen LogP contribution in [0.4, 0.5) is 0 Å². The SMILES string of the molecule is O=C(O)C1CC(=O)N(CCOS(=O)(=O)O)C1. The Balaban J connectivity index is 2.39. The Morgan fingerprint density at radius 3 is 2.62 bits per heavy atom. The summed E-state index contributed by atoms with van der Waals surface area (Å²) < 4.78 is 32.7. The highest BCUT2D eigenvalue weighted by Gasteiger charge is 2.33. The summed E-state index contributed by atoms with van der Waals surface area (Å²) in [5.41, 5.74) is 0. The van der Waals surface area contributed by atoms with Crippen molar-refractivity contribution in [3.05, 3.63) is 0 Å². The number of carbonyl (C=O) groups excluding carboxylic acids is 1. The van der Waals surface area contributed by atoms with Gasteiger partial charge in [0, 0.05) is 19.5 Å². The minimum Gasteiger partial charge on any atom is -0.481 e. The first-order valence-corrected chi connectivity index (χ1v) is 5.78. The van der Waals surface area contributed by atoms with E-state index in [0.717, 1.165) is 0 Å². The molecule has 9 heteroatoms. The molecule has 0 aromatic heterocycles. The molecule has 0 bridgehead atoms. The van der Waals surface area contributed by atoms with Crippen molar-refractivity contribution in [2.75, 3.05) is 19.7 Å². The molecule has 1 fully saturated rings. The van der Waals surface area contributed by atoms with E-state index >= 15 is 0 Å². The maximum atomic E-state index is 11.2. The summed E-state index contributed by atoms with van der Waals surface area (Å²) in [7, 11) is -4.52. The quantitative estimate of drug-likeness (QED) is 0.586. The molecule has 1 amide bonds. The molecule has 0 aromatic rings. The van der Waals surface area contributed by atoms with Crippen molar-refractivity contribution in [3.63, 3.8) is 0 Å². The lowest BCUT2D eigenvalue weighted by Gasteiger charge is -2.14. The molecule has 1 saturated heterocycles. The molecule has 16 heavy (non-hydrogen) atoms. The number of hydrogen-bond acceptors (Lipinski definition) is 5. The normalized spacial score (nSPS) is 21.4. The Morgan fingerprint density at radius 1 is 1.56 bits per heavy atom. The Hall–Kier alpha value is -1.19. The molecule has 8 nitrogen and oxygen atoms in total. The average molecular weight is 253 g/mol. The molecule has 92 valence electrons. The van der Waals surface area contributed by atoms with E-state index in [-0.39, 0.29) is 25.4 Å². The predicted molar refractivity (Wildman–Crippen MR) is 49.8 cm³/mol. The standard InChI is InChI=1S/C7H11NO7S/c9-6-3-5(7(10)11)4-8(6)1-2-15-16(12,13)14/h5H,1-4H2,(H,10,11)(H,12,13,14). The van der Waals surface area contributed by atoms with Gasteiger partial charge in [0.05, 0.1) is 12.5 Å². The van der Waals surface area contributed by atoms with Crippen molar-refractivity contribution in [3.8, 4) is 0 Å². The second-order valence-corrected chi connectivity index (χ2v) is 4.42. The molecular formula is C7H11NO7S. The molecule has 0 spiro atoms. The van der Waals surface area contributed by atoms with Gasteiger partial charge in [0.2, 0.25) is 5.91 Å². The van der Waals surface area contributed by atoms with Gasteiger partial charge in [-0.3, -0.25) is 14.1 Å². The fourth-order valence-electron chi connectivity index (χ4n) is 1.41. The molecule has 0 radical (unpaired) electrons. The fraction of sp³-hybridized carbons (Fsp3) is 0.714. The summed E-state index contributed by atoms with van der Waals surface area (Å²) >= 11 is 0. The summed E-state index contributed by atoms with van der Waals surface area (Å²) in [5.74, 6) is -2.20. The summed E-state index contributed by atoms with van der Waals surface area (Å²) in [6, 6.07) is 0. The Kier molecular flexibility index (Phi) is 3.83. The van der Waals surface area contributed by atoms with Crippen LogP contribution in [0.15, 0.2) is 0 Å². The second-order valence-electron chi connectivity index (χ2n) is 3.33. The van der Waals surface area contributed by atoms with E-state index in [2.05, 4.69) is 4.18 Å². The molecule has 0 saturated carbocycles. The van der Waals surface area contributed by atoms with Gasteiger partial charge < -0.3 is 10.0 Å². The maximum Gasteiger partial charge on any atom is 0.397 e. The average Bonchev–Trinajstić information content (AvgIpc) is 2.46. The summed E-state index contributed by atoms with van der Waals surface area (Å²) in [4.78, 5) is 23.0. The lowest BCUT2D eigenvalue weighted by atomic mass is 10.1. The van der Waals surface area contributed by atoms with Crippen molar-refractivity contribution in [2.45, 2.75) is 6.42 Å². The number of amides is 1. The van der Waals surface area contributed by atoms with Crippen LogP contribution in [-0.4, -0.2) is 54.5 Å². The third-order valence-corrected chi connectivity index (χ3v) is 2.62. The van der Waals surface area contributed by atoms with E-state index in [9.17, 15) is 18.0 Å². The topological polar surface area (TPSA) is 121 Å². The van der Waals surface area contributed by atoms with Crippen LogP contribution >= 0.6 is 0 Å². The number of hydrogen-bond donors (Lipinski definition) is 2. The molecule has 2 N–H and O–H groups in total. The number of nitrogens with zero attached hydrogens (tertiary/aromatic N) is 1. The van der Waals surface area contributed by atoms with Crippen LogP contribution in [0.2, 0.25) is 0 Å². The van der Waals surface area contributed by atoms with E-state index in [1.807, 2.05) is 0 Å².